The molecule has 0 atom stereocenters. The third kappa shape index (κ3) is 3.41. The van der Waals surface area contributed by atoms with Crippen LogP contribution in [0.2, 0.25) is 0 Å². The monoisotopic (exact) mass is 357 g/mol. The van der Waals surface area contributed by atoms with E-state index < -0.39 is 17.2 Å². The maximum absolute atomic E-state index is 12.3. The number of esters is 1. The molecule has 0 unspecified atom stereocenters. The lowest BCUT2D eigenvalue weighted by Gasteiger charge is -2.07. The lowest BCUT2D eigenvalue weighted by atomic mass is 10.1. The van der Waals surface area contributed by atoms with E-state index in [0.717, 1.165) is 16.6 Å². The summed E-state index contributed by atoms with van der Waals surface area (Å²) in [5, 5.41) is 0. The summed E-state index contributed by atoms with van der Waals surface area (Å²) in [6.45, 7) is 0.142. The normalized spacial score (nSPS) is 11.0. The fourth-order valence-corrected chi connectivity index (χ4v) is 2.71. The van der Waals surface area contributed by atoms with Crippen LogP contribution in [0.5, 0.6) is 0 Å². The second-order valence-corrected chi connectivity index (χ2v) is 5.93. The van der Waals surface area contributed by atoms with Crippen LogP contribution in [0, 0.1) is 0 Å². The van der Waals surface area contributed by atoms with E-state index in [9.17, 15) is 14.4 Å². The standard InChI is InChI=1S/C17H19N5O4/c1-20-15-14(16(24)21(2)17(20)25)22(11-19-15)10-13(23)26-9-3-4-12-5-7-18-8-6-12/h5-8,11H,3-4,9-10H2,1-2H3. The molecule has 9 heteroatoms. The molecule has 0 N–H and O–H groups in total. The number of hydrogen-bond acceptors (Lipinski definition) is 6. The molecule has 9 nitrogen and oxygen atoms in total. The van der Waals surface area contributed by atoms with Crippen molar-refractivity contribution in [3.8, 4) is 0 Å². The lowest BCUT2D eigenvalue weighted by Crippen LogP contribution is -2.37. The maximum Gasteiger partial charge on any atom is 0.332 e. The molecular formula is C17H19N5O4. The van der Waals surface area contributed by atoms with Gasteiger partial charge in [-0.2, -0.15) is 0 Å². The minimum Gasteiger partial charge on any atom is -0.464 e. The largest absolute Gasteiger partial charge is 0.464 e. The van der Waals surface area contributed by atoms with Gasteiger partial charge < -0.3 is 9.30 Å². The Balaban J connectivity index is 1.65. The van der Waals surface area contributed by atoms with Gasteiger partial charge in [-0.15, -0.1) is 0 Å². The van der Waals surface area contributed by atoms with Crippen LogP contribution in [0.4, 0.5) is 0 Å². The van der Waals surface area contributed by atoms with Gasteiger partial charge in [0.05, 0.1) is 12.9 Å². The van der Waals surface area contributed by atoms with Crippen molar-refractivity contribution < 1.29 is 9.53 Å². The number of fused-ring (bicyclic) bond motifs is 1. The van der Waals surface area contributed by atoms with E-state index in [1.165, 1.54) is 29.6 Å². The zero-order valence-electron chi connectivity index (χ0n) is 14.6. The number of pyridine rings is 1. The summed E-state index contributed by atoms with van der Waals surface area (Å²) < 4.78 is 8.89. The fourth-order valence-electron chi connectivity index (χ4n) is 2.71. The lowest BCUT2D eigenvalue weighted by molar-refractivity contribution is -0.144. The zero-order valence-corrected chi connectivity index (χ0v) is 14.6. The summed E-state index contributed by atoms with van der Waals surface area (Å²) in [6, 6.07) is 3.83. The van der Waals surface area contributed by atoms with Gasteiger partial charge in [-0.25, -0.2) is 9.78 Å². The molecule has 26 heavy (non-hydrogen) atoms. The van der Waals surface area contributed by atoms with Crippen LogP contribution in [0.1, 0.15) is 12.0 Å². The molecular weight excluding hydrogens is 338 g/mol. The van der Waals surface area contributed by atoms with Gasteiger partial charge in [-0.1, -0.05) is 0 Å². The third-order valence-electron chi connectivity index (χ3n) is 4.14. The van der Waals surface area contributed by atoms with Gasteiger partial charge in [0, 0.05) is 26.5 Å². The second-order valence-electron chi connectivity index (χ2n) is 5.93. The number of aromatic nitrogens is 5. The average Bonchev–Trinajstić information content (AvgIpc) is 3.06. The molecule has 0 saturated carbocycles. The van der Waals surface area contributed by atoms with E-state index in [4.69, 9.17) is 4.74 Å². The van der Waals surface area contributed by atoms with Crippen molar-refractivity contribution in [3.63, 3.8) is 0 Å². The molecule has 0 aromatic carbocycles. The molecule has 3 aromatic rings. The summed E-state index contributed by atoms with van der Waals surface area (Å²) in [7, 11) is 2.91. The summed E-state index contributed by atoms with van der Waals surface area (Å²) in [4.78, 5) is 44.3. The molecule has 0 fully saturated rings. The maximum atomic E-state index is 12.3. The Hall–Kier alpha value is -3.23. The Morgan fingerprint density at radius 1 is 1.15 bits per heavy atom. The van der Waals surface area contributed by atoms with Crippen molar-refractivity contribution in [2.75, 3.05) is 6.61 Å². The number of hydrogen-bond donors (Lipinski definition) is 0. The molecule has 0 aliphatic heterocycles. The molecule has 3 aromatic heterocycles. The summed E-state index contributed by atoms with van der Waals surface area (Å²) >= 11 is 0. The molecule has 0 amide bonds. The smallest absolute Gasteiger partial charge is 0.332 e. The molecule has 0 saturated heterocycles. The Kier molecular flexibility index (Phi) is 4.97. The van der Waals surface area contributed by atoms with Crippen molar-refractivity contribution >= 4 is 17.1 Å². The highest BCUT2D eigenvalue weighted by Gasteiger charge is 2.16. The minimum atomic E-state index is -0.494. The molecule has 0 spiro atoms. The van der Waals surface area contributed by atoms with Gasteiger partial charge in [0.2, 0.25) is 0 Å². The van der Waals surface area contributed by atoms with E-state index in [2.05, 4.69) is 9.97 Å². The molecule has 3 rings (SSSR count). The number of aryl methyl sites for hydroxylation is 2. The van der Waals surface area contributed by atoms with Crippen LogP contribution >= 0.6 is 0 Å². The average molecular weight is 357 g/mol. The number of carbonyl (C=O) groups is 1. The van der Waals surface area contributed by atoms with E-state index in [1.54, 1.807) is 12.4 Å². The Labute approximate surface area is 148 Å². The van der Waals surface area contributed by atoms with Gasteiger partial charge >= 0.3 is 11.7 Å². The quantitative estimate of drug-likeness (QED) is 0.455. The fraction of sp³-hybridized carbons (Fsp3) is 0.353. The zero-order chi connectivity index (χ0) is 18.7. The molecule has 136 valence electrons. The van der Waals surface area contributed by atoms with Crippen LogP contribution < -0.4 is 11.2 Å². The second kappa shape index (κ2) is 7.34. The highest BCUT2D eigenvalue weighted by molar-refractivity contribution is 5.75. The van der Waals surface area contributed by atoms with E-state index in [-0.39, 0.29) is 24.3 Å². The van der Waals surface area contributed by atoms with Crippen molar-refractivity contribution in [2.45, 2.75) is 19.4 Å². The first-order valence-corrected chi connectivity index (χ1v) is 8.14. The van der Waals surface area contributed by atoms with E-state index in [0.29, 0.717) is 6.42 Å². The van der Waals surface area contributed by atoms with E-state index in [1.807, 2.05) is 12.1 Å². The van der Waals surface area contributed by atoms with Crippen LogP contribution in [0.15, 0.2) is 40.4 Å². The first-order chi connectivity index (χ1) is 12.5. The summed E-state index contributed by atoms with van der Waals surface area (Å²) in [5.74, 6) is -0.463. The van der Waals surface area contributed by atoms with Crippen molar-refractivity contribution in [3.05, 3.63) is 57.3 Å². The third-order valence-corrected chi connectivity index (χ3v) is 4.14. The van der Waals surface area contributed by atoms with Gasteiger partial charge in [0.1, 0.15) is 6.54 Å². The highest BCUT2D eigenvalue weighted by Crippen LogP contribution is 2.06. The first-order valence-electron chi connectivity index (χ1n) is 8.14. The van der Waals surface area contributed by atoms with Crippen LogP contribution in [0.3, 0.4) is 0 Å². The van der Waals surface area contributed by atoms with Crippen molar-refractivity contribution in [1.29, 1.82) is 0 Å². The predicted octanol–water partition coefficient (Wildman–Crippen LogP) is 0.00470. The predicted molar refractivity (Wildman–Crippen MR) is 93.7 cm³/mol. The van der Waals surface area contributed by atoms with Crippen LogP contribution in [-0.2, 0) is 36.6 Å². The Morgan fingerprint density at radius 3 is 2.62 bits per heavy atom. The Bertz CT molecular complexity index is 1050. The first kappa shape index (κ1) is 17.6. The topological polar surface area (TPSA) is 101 Å². The summed E-state index contributed by atoms with van der Waals surface area (Å²) in [6.07, 6.45) is 6.28. The van der Waals surface area contributed by atoms with Gasteiger partial charge in [0.15, 0.2) is 11.2 Å². The number of imidazole rings is 1. The van der Waals surface area contributed by atoms with Crippen molar-refractivity contribution in [2.24, 2.45) is 14.1 Å². The number of carbonyl (C=O) groups excluding carboxylic acids is 1. The number of ether oxygens (including phenoxy) is 1. The van der Waals surface area contributed by atoms with Crippen LogP contribution in [-0.4, -0.2) is 36.2 Å². The number of rotatable bonds is 6. The van der Waals surface area contributed by atoms with Gasteiger partial charge in [0.25, 0.3) is 5.56 Å². The molecule has 0 bridgehead atoms. The SMILES string of the molecule is Cn1c(=O)c2c(ncn2CC(=O)OCCCc2ccncc2)n(C)c1=O. The Morgan fingerprint density at radius 2 is 1.88 bits per heavy atom. The van der Waals surface area contributed by atoms with Crippen LogP contribution in [0.25, 0.3) is 11.2 Å². The van der Waals surface area contributed by atoms with E-state index >= 15 is 0 Å². The van der Waals surface area contributed by atoms with Crippen molar-refractivity contribution in [1.82, 2.24) is 23.7 Å². The van der Waals surface area contributed by atoms with Gasteiger partial charge in [-0.3, -0.25) is 23.7 Å². The highest BCUT2D eigenvalue weighted by atomic mass is 16.5. The minimum absolute atomic E-state index is 0.140. The molecule has 0 aliphatic rings. The number of nitrogens with zero attached hydrogens (tertiary/aromatic N) is 5. The molecule has 0 aliphatic carbocycles. The molecule has 0 radical (unpaired) electrons. The summed E-state index contributed by atoms with van der Waals surface area (Å²) in [5.41, 5.74) is 0.602. The molecule has 3 heterocycles. The van der Waals surface area contributed by atoms with Gasteiger partial charge in [-0.05, 0) is 30.5 Å².